The molecule has 0 aliphatic heterocycles. The van der Waals surface area contributed by atoms with Gasteiger partial charge >= 0.3 is 0 Å². The van der Waals surface area contributed by atoms with Gasteiger partial charge in [-0.3, -0.25) is 0 Å². The lowest BCUT2D eigenvalue weighted by atomic mass is 10.3. The normalized spacial score (nSPS) is 10.8. The van der Waals surface area contributed by atoms with E-state index in [1.165, 1.54) is 9.71 Å². The van der Waals surface area contributed by atoms with Gasteiger partial charge in [-0.25, -0.2) is 4.98 Å². The van der Waals surface area contributed by atoms with Crippen molar-refractivity contribution in [1.29, 1.82) is 0 Å². The van der Waals surface area contributed by atoms with Crippen molar-refractivity contribution in [3.05, 3.63) is 29.3 Å². The van der Waals surface area contributed by atoms with E-state index in [1.54, 1.807) is 11.3 Å². The summed E-state index contributed by atoms with van der Waals surface area (Å²) in [7, 11) is 0. The second kappa shape index (κ2) is 4.11. The molecule has 0 saturated heterocycles. The highest BCUT2D eigenvalue weighted by atomic mass is 32.2. The Balaban J connectivity index is 2.28. The number of hydrogen-bond donors (Lipinski definition) is 0. The molecule has 1 aromatic carbocycles. The Bertz CT molecular complexity index is 361. The summed E-state index contributed by atoms with van der Waals surface area (Å²) in [6, 6.07) is 8.31. The van der Waals surface area contributed by atoms with Gasteiger partial charge in [0.2, 0.25) is 0 Å². The number of benzene rings is 1. The molecule has 0 amide bonds. The van der Waals surface area contributed by atoms with E-state index in [0.29, 0.717) is 0 Å². The molecule has 0 atom stereocenters. The molecule has 0 aliphatic carbocycles. The zero-order chi connectivity index (χ0) is 9.10. The maximum atomic E-state index is 4.55. The van der Waals surface area contributed by atoms with Gasteiger partial charge in [-0.15, -0.1) is 11.3 Å². The van der Waals surface area contributed by atoms with Gasteiger partial charge in [0.1, 0.15) is 5.01 Å². The van der Waals surface area contributed by atoms with Crippen molar-refractivity contribution >= 4 is 33.3 Å². The minimum Gasteiger partial charge on any atom is -0.240 e. The summed E-state index contributed by atoms with van der Waals surface area (Å²) >= 11 is 3.73. The minimum atomic E-state index is 1.05. The molecule has 0 radical (unpaired) electrons. The first-order valence-corrected chi connectivity index (χ1v) is 6.29. The third-order valence-corrected chi connectivity index (χ3v) is 3.87. The van der Waals surface area contributed by atoms with Crippen LogP contribution in [0.3, 0.4) is 0 Å². The maximum absolute atomic E-state index is 4.55. The van der Waals surface area contributed by atoms with Gasteiger partial charge in [-0.2, -0.15) is 11.8 Å². The molecule has 1 heterocycles. The van der Waals surface area contributed by atoms with Crippen LogP contribution in [0.5, 0.6) is 0 Å². The molecule has 0 saturated carbocycles. The Hall–Kier alpha value is -0.540. The lowest BCUT2D eigenvalue weighted by molar-refractivity contribution is 1.30. The summed E-state index contributed by atoms with van der Waals surface area (Å²) in [5.41, 5.74) is 1.14. The molecule has 1 aromatic heterocycles. The first-order valence-electron chi connectivity index (χ1n) is 4.32. The molecular formula is C10H11NS2. The van der Waals surface area contributed by atoms with Crippen LogP contribution in [-0.4, -0.2) is 10.7 Å². The highest BCUT2D eigenvalue weighted by molar-refractivity contribution is 7.98. The van der Waals surface area contributed by atoms with Crippen LogP contribution < -0.4 is 0 Å². The Labute approximate surface area is 86.2 Å². The highest BCUT2D eigenvalue weighted by Crippen LogP contribution is 2.24. The predicted octanol–water partition coefficient (Wildman–Crippen LogP) is 3.55. The Morgan fingerprint density at radius 2 is 2.23 bits per heavy atom. The Morgan fingerprint density at radius 1 is 1.38 bits per heavy atom. The monoisotopic (exact) mass is 209 g/mol. The van der Waals surface area contributed by atoms with Crippen LogP contribution in [-0.2, 0) is 5.75 Å². The number of nitrogens with zero attached hydrogens (tertiary/aromatic N) is 1. The number of fused-ring (bicyclic) bond motifs is 1. The third-order valence-electron chi connectivity index (χ3n) is 1.77. The summed E-state index contributed by atoms with van der Waals surface area (Å²) in [6.07, 6.45) is 0. The van der Waals surface area contributed by atoms with E-state index in [2.05, 4.69) is 30.1 Å². The molecule has 0 N–H and O–H groups in total. The molecule has 3 heteroatoms. The lowest BCUT2D eigenvalue weighted by Crippen LogP contribution is -1.77. The van der Waals surface area contributed by atoms with E-state index in [9.17, 15) is 0 Å². The van der Waals surface area contributed by atoms with Gasteiger partial charge in [-0.05, 0) is 17.9 Å². The molecule has 0 spiro atoms. The number of thiazole rings is 1. The lowest BCUT2D eigenvalue weighted by Gasteiger charge is -1.89. The van der Waals surface area contributed by atoms with E-state index in [0.717, 1.165) is 17.0 Å². The second-order valence-corrected chi connectivity index (χ2v) is 5.10. The van der Waals surface area contributed by atoms with Crippen LogP contribution in [0.1, 0.15) is 11.9 Å². The molecule has 0 bridgehead atoms. The number of hydrogen-bond acceptors (Lipinski definition) is 3. The maximum Gasteiger partial charge on any atom is 0.104 e. The van der Waals surface area contributed by atoms with E-state index < -0.39 is 0 Å². The van der Waals surface area contributed by atoms with Gasteiger partial charge in [0.25, 0.3) is 0 Å². The zero-order valence-electron chi connectivity index (χ0n) is 7.49. The van der Waals surface area contributed by atoms with Gasteiger partial charge < -0.3 is 0 Å². The average Bonchev–Trinajstić information content (AvgIpc) is 2.57. The molecule has 68 valence electrons. The summed E-state index contributed by atoms with van der Waals surface area (Å²) in [4.78, 5) is 4.55. The first kappa shape index (κ1) is 9.03. The molecule has 2 rings (SSSR count). The zero-order valence-corrected chi connectivity index (χ0v) is 9.12. The van der Waals surface area contributed by atoms with Crippen molar-refractivity contribution in [3.63, 3.8) is 0 Å². The van der Waals surface area contributed by atoms with Gasteiger partial charge in [0.15, 0.2) is 0 Å². The summed E-state index contributed by atoms with van der Waals surface area (Å²) in [5.74, 6) is 2.21. The molecule has 2 aromatic rings. The largest absolute Gasteiger partial charge is 0.240 e. The number of rotatable bonds is 3. The smallest absolute Gasteiger partial charge is 0.104 e. The quantitative estimate of drug-likeness (QED) is 0.766. The minimum absolute atomic E-state index is 1.05. The van der Waals surface area contributed by atoms with Crippen molar-refractivity contribution in [2.75, 3.05) is 5.75 Å². The molecular weight excluding hydrogens is 198 g/mol. The fraction of sp³-hybridized carbons (Fsp3) is 0.300. The average molecular weight is 209 g/mol. The van der Waals surface area contributed by atoms with E-state index in [4.69, 9.17) is 0 Å². The number of thioether (sulfide) groups is 1. The van der Waals surface area contributed by atoms with Crippen molar-refractivity contribution < 1.29 is 0 Å². The fourth-order valence-corrected chi connectivity index (χ4v) is 2.86. The standard InChI is InChI=1S/C10H11NS2/c1-2-12-7-10-11-8-5-3-4-6-9(8)13-10/h3-6H,2,7H2,1H3. The number of para-hydroxylation sites is 1. The van der Waals surface area contributed by atoms with Gasteiger partial charge in [0.05, 0.1) is 10.2 Å². The third kappa shape index (κ3) is 2.03. The SMILES string of the molecule is CCSCc1nc2ccccc2s1. The van der Waals surface area contributed by atoms with E-state index in [-0.39, 0.29) is 0 Å². The molecule has 0 unspecified atom stereocenters. The van der Waals surface area contributed by atoms with Crippen LogP contribution in [0.15, 0.2) is 24.3 Å². The summed E-state index contributed by atoms with van der Waals surface area (Å²) in [6.45, 7) is 2.18. The molecule has 13 heavy (non-hydrogen) atoms. The van der Waals surface area contributed by atoms with Crippen molar-refractivity contribution in [2.45, 2.75) is 12.7 Å². The van der Waals surface area contributed by atoms with Crippen molar-refractivity contribution in [3.8, 4) is 0 Å². The van der Waals surface area contributed by atoms with Crippen LogP contribution in [0.2, 0.25) is 0 Å². The van der Waals surface area contributed by atoms with E-state index in [1.807, 2.05) is 17.8 Å². The second-order valence-electron chi connectivity index (χ2n) is 2.71. The molecule has 0 aliphatic rings. The number of aromatic nitrogens is 1. The molecule has 1 nitrogen and oxygen atoms in total. The Kier molecular flexibility index (Phi) is 2.86. The van der Waals surface area contributed by atoms with Gasteiger partial charge in [0, 0.05) is 5.75 Å². The topological polar surface area (TPSA) is 12.9 Å². The van der Waals surface area contributed by atoms with Crippen LogP contribution in [0.4, 0.5) is 0 Å². The summed E-state index contributed by atoms with van der Waals surface area (Å²) < 4.78 is 1.30. The predicted molar refractivity (Wildman–Crippen MR) is 61.5 cm³/mol. The van der Waals surface area contributed by atoms with Crippen LogP contribution >= 0.6 is 23.1 Å². The first-order chi connectivity index (χ1) is 6.40. The van der Waals surface area contributed by atoms with Crippen LogP contribution in [0, 0.1) is 0 Å². The van der Waals surface area contributed by atoms with Crippen LogP contribution in [0.25, 0.3) is 10.2 Å². The Morgan fingerprint density at radius 3 is 3.00 bits per heavy atom. The summed E-state index contributed by atoms with van der Waals surface area (Å²) in [5, 5.41) is 1.24. The molecule has 0 fully saturated rings. The van der Waals surface area contributed by atoms with Gasteiger partial charge in [-0.1, -0.05) is 19.1 Å². The van der Waals surface area contributed by atoms with E-state index >= 15 is 0 Å². The van der Waals surface area contributed by atoms with Crippen molar-refractivity contribution in [2.24, 2.45) is 0 Å². The highest BCUT2D eigenvalue weighted by Gasteiger charge is 2.01. The fourth-order valence-electron chi connectivity index (χ4n) is 1.17. The van der Waals surface area contributed by atoms with Crippen molar-refractivity contribution in [1.82, 2.24) is 4.98 Å².